The van der Waals surface area contributed by atoms with Crippen LogP contribution in [0.4, 0.5) is 17.6 Å². The zero-order chi connectivity index (χ0) is 7.78. The molecular weight excluding hydrogens is 152 g/mol. The van der Waals surface area contributed by atoms with E-state index < -0.39 is 17.9 Å². The molecule has 1 aliphatic heterocycles. The van der Waals surface area contributed by atoms with Gasteiger partial charge in [-0.2, -0.15) is 22.6 Å². The fraction of sp³-hybridized carbons (Fsp3) is 0.250. The highest BCUT2D eigenvalue weighted by Crippen LogP contribution is 2.19. The smallest absolute Gasteiger partial charge is 0.280 e. The molecule has 0 spiro atoms. The predicted molar refractivity (Wildman–Crippen MR) is 24.8 cm³/mol. The third-order valence-corrected chi connectivity index (χ3v) is 0.747. The van der Waals surface area contributed by atoms with Gasteiger partial charge in [0.05, 0.1) is 0 Å². The van der Waals surface area contributed by atoms with Gasteiger partial charge in [-0.15, -0.1) is 0 Å². The number of hydrogen-bond donors (Lipinski definition) is 1. The van der Waals surface area contributed by atoms with Crippen molar-refractivity contribution in [3.63, 3.8) is 0 Å². The molecule has 0 aliphatic carbocycles. The fourth-order valence-corrected chi connectivity index (χ4v) is 0.383. The molecule has 1 aliphatic rings. The minimum atomic E-state index is -3.78. The summed E-state index contributed by atoms with van der Waals surface area (Å²) in [6, 6.07) is 0. The van der Waals surface area contributed by atoms with Crippen molar-refractivity contribution in [2.75, 3.05) is 0 Å². The lowest BCUT2D eigenvalue weighted by Gasteiger charge is -2.14. The highest BCUT2D eigenvalue weighted by Gasteiger charge is 2.33. The molecule has 1 N–H and O–H groups in total. The van der Waals surface area contributed by atoms with Crippen molar-refractivity contribution in [2.45, 2.75) is 6.17 Å². The monoisotopic (exact) mass is 153 g/mol. The van der Waals surface area contributed by atoms with Gasteiger partial charge in [0.25, 0.3) is 0 Å². The molecule has 0 saturated carbocycles. The Labute approximate surface area is 53.2 Å². The molecule has 1 heterocycles. The zero-order valence-corrected chi connectivity index (χ0v) is 4.46. The first kappa shape index (κ1) is 7.04. The first-order valence-corrected chi connectivity index (χ1v) is 2.20. The van der Waals surface area contributed by atoms with Crippen LogP contribution < -0.4 is 5.32 Å². The summed E-state index contributed by atoms with van der Waals surface area (Å²) < 4.78 is 47.4. The molecule has 2 nitrogen and oxygen atoms in total. The highest BCUT2D eigenvalue weighted by molar-refractivity contribution is 5.77. The second-order valence-corrected chi connectivity index (χ2v) is 1.52. The van der Waals surface area contributed by atoms with Crippen LogP contribution in [0.2, 0.25) is 0 Å². The molecule has 0 amide bonds. The van der Waals surface area contributed by atoms with Crippen molar-refractivity contribution in [1.82, 2.24) is 5.32 Å². The van der Waals surface area contributed by atoms with Crippen molar-refractivity contribution in [3.8, 4) is 0 Å². The largest absolute Gasteiger partial charge is 0.431 e. The van der Waals surface area contributed by atoms with Gasteiger partial charge < -0.3 is 0 Å². The summed E-state index contributed by atoms with van der Waals surface area (Å²) in [5.41, 5.74) is 0. The van der Waals surface area contributed by atoms with E-state index in [9.17, 15) is 17.6 Å². The van der Waals surface area contributed by atoms with E-state index in [4.69, 9.17) is 0 Å². The molecule has 0 aromatic heterocycles. The molecule has 0 aromatic rings. The Balaban J connectivity index is 2.85. The van der Waals surface area contributed by atoms with Crippen LogP contribution in [0.15, 0.2) is 16.8 Å². The van der Waals surface area contributed by atoms with E-state index in [-0.39, 0.29) is 0 Å². The van der Waals surface area contributed by atoms with Gasteiger partial charge in [-0.05, 0) is 0 Å². The number of rotatable bonds is 0. The second-order valence-electron chi connectivity index (χ2n) is 1.52. The quantitative estimate of drug-likeness (QED) is 0.410. The van der Waals surface area contributed by atoms with Gasteiger partial charge in [-0.25, -0.2) is 0 Å². The number of halogens is 4. The number of nitrogens with zero attached hydrogens (tertiary/aromatic N) is 1. The third kappa shape index (κ3) is 1.26. The topological polar surface area (TPSA) is 24.4 Å². The zero-order valence-electron chi connectivity index (χ0n) is 4.46. The Morgan fingerprint density at radius 2 is 2.00 bits per heavy atom. The van der Waals surface area contributed by atoms with Gasteiger partial charge in [0, 0.05) is 0 Å². The lowest BCUT2D eigenvalue weighted by molar-refractivity contribution is -0.0239. The highest BCUT2D eigenvalue weighted by atomic mass is 19.3. The summed E-state index contributed by atoms with van der Waals surface area (Å²) in [7, 11) is 0. The molecule has 0 unspecified atom stereocenters. The predicted octanol–water partition coefficient (Wildman–Crippen LogP) is 1.20. The number of alkyl halides is 2. The first-order valence-electron chi connectivity index (χ1n) is 2.20. The maximum absolute atomic E-state index is 11.9. The van der Waals surface area contributed by atoms with E-state index in [2.05, 4.69) is 4.99 Å². The van der Waals surface area contributed by atoms with E-state index in [0.29, 0.717) is 0 Å². The Kier molecular flexibility index (Phi) is 1.38. The number of hydrogen-bond acceptors (Lipinski definition) is 2. The van der Waals surface area contributed by atoms with Crippen molar-refractivity contribution in [2.24, 2.45) is 4.99 Å². The molecular formula is C4HF4N2. The number of nitrogens with one attached hydrogen (secondary N) is 1. The molecule has 0 fully saturated rings. The Hall–Kier alpha value is -1.07. The molecule has 0 atom stereocenters. The fourth-order valence-electron chi connectivity index (χ4n) is 0.383. The SMILES string of the molecule is FC1=C(F)NC(F)(F)N=[C]1. The van der Waals surface area contributed by atoms with Gasteiger partial charge in [0.1, 0.15) is 6.21 Å². The summed E-state index contributed by atoms with van der Waals surface area (Å²) in [6.07, 6.45) is -2.61. The first-order chi connectivity index (χ1) is 4.51. The molecule has 0 saturated heterocycles. The molecule has 1 rings (SSSR count). The van der Waals surface area contributed by atoms with E-state index in [1.54, 1.807) is 0 Å². The average molecular weight is 153 g/mol. The van der Waals surface area contributed by atoms with Gasteiger partial charge >= 0.3 is 6.17 Å². The van der Waals surface area contributed by atoms with Crippen molar-refractivity contribution < 1.29 is 17.6 Å². The van der Waals surface area contributed by atoms with Crippen LogP contribution in [0.25, 0.3) is 0 Å². The van der Waals surface area contributed by atoms with E-state index >= 15 is 0 Å². The van der Waals surface area contributed by atoms with Crippen LogP contribution >= 0.6 is 0 Å². The summed E-state index contributed by atoms with van der Waals surface area (Å²) >= 11 is 0. The summed E-state index contributed by atoms with van der Waals surface area (Å²) in [5, 5.41) is 0.881. The minimum absolute atomic E-state index is 0.881. The molecule has 1 radical (unpaired) electrons. The average Bonchev–Trinajstić information content (AvgIpc) is 1.79. The van der Waals surface area contributed by atoms with Crippen molar-refractivity contribution >= 4 is 6.21 Å². The van der Waals surface area contributed by atoms with Crippen LogP contribution in [0.1, 0.15) is 0 Å². The Morgan fingerprint density at radius 3 is 2.40 bits per heavy atom. The molecule has 0 aromatic carbocycles. The summed E-state index contributed by atoms with van der Waals surface area (Å²) in [6.45, 7) is 0. The van der Waals surface area contributed by atoms with E-state index in [1.165, 1.54) is 6.21 Å². The lowest BCUT2D eigenvalue weighted by atomic mass is 10.5. The van der Waals surface area contributed by atoms with Gasteiger partial charge in [-0.1, -0.05) is 0 Å². The number of allylic oxidation sites excluding steroid dienone is 1. The maximum atomic E-state index is 11.9. The Bertz CT molecular complexity index is 207. The summed E-state index contributed by atoms with van der Waals surface area (Å²) in [5.74, 6) is -3.30. The maximum Gasteiger partial charge on any atom is 0.431 e. The van der Waals surface area contributed by atoms with Gasteiger partial charge in [-0.3, -0.25) is 5.32 Å². The van der Waals surface area contributed by atoms with Crippen LogP contribution in [0.5, 0.6) is 0 Å². The Morgan fingerprint density at radius 1 is 1.40 bits per heavy atom. The normalized spacial score (nSPS) is 22.8. The molecule has 0 bridgehead atoms. The summed E-state index contributed by atoms with van der Waals surface area (Å²) in [4.78, 5) is 2.23. The van der Waals surface area contributed by atoms with E-state index in [0.717, 1.165) is 5.32 Å². The lowest BCUT2D eigenvalue weighted by Crippen LogP contribution is -2.35. The van der Waals surface area contributed by atoms with Gasteiger partial charge in [0.15, 0.2) is 0 Å². The molecule has 6 heteroatoms. The molecule has 10 heavy (non-hydrogen) atoms. The molecule has 55 valence electrons. The van der Waals surface area contributed by atoms with Crippen LogP contribution in [0.3, 0.4) is 0 Å². The number of aliphatic imine (C=N–C) groups is 1. The van der Waals surface area contributed by atoms with Crippen LogP contribution in [-0.2, 0) is 0 Å². The minimum Gasteiger partial charge on any atom is -0.280 e. The van der Waals surface area contributed by atoms with Crippen molar-refractivity contribution in [1.29, 1.82) is 0 Å². The standard InChI is InChI=1S/C4HF4N2/c5-2-1-9-4(7,8)10-3(2)6/h10H. The van der Waals surface area contributed by atoms with E-state index in [1.807, 2.05) is 0 Å². The van der Waals surface area contributed by atoms with Crippen LogP contribution in [0, 0.1) is 0 Å². The van der Waals surface area contributed by atoms with Crippen molar-refractivity contribution in [3.05, 3.63) is 11.8 Å². The second kappa shape index (κ2) is 1.96. The third-order valence-electron chi connectivity index (χ3n) is 0.747. The van der Waals surface area contributed by atoms with Gasteiger partial charge in [0.2, 0.25) is 11.8 Å². The van der Waals surface area contributed by atoms with Crippen LogP contribution in [-0.4, -0.2) is 12.4 Å².